The van der Waals surface area contributed by atoms with Gasteiger partial charge in [-0.15, -0.1) is 0 Å². The highest BCUT2D eigenvalue weighted by Gasteiger charge is 2.45. The van der Waals surface area contributed by atoms with Gasteiger partial charge in [0.2, 0.25) is 5.91 Å². The predicted octanol–water partition coefficient (Wildman–Crippen LogP) is 1.67. The lowest BCUT2D eigenvalue weighted by molar-refractivity contribution is -0.179. The summed E-state index contributed by atoms with van der Waals surface area (Å²) in [4.78, 5) is 34.0. The molecule has 1 aromatic carbocycles. The molecular formula is C15H16F3NO6S. The normalized spacial score (nSPS) is 13.7. The summed E-state index contributed by atoms with van der Waals surface area (Å²) in [5.74, 6) is -7.55. The van der Waals surface area contributed by atoms with Crippen molar-refractivity contribution in [3.8, 4) is 11.5 Å². The smallest absolute Gasteiger partial charge is 0.401 e. The molecule has 1 rings (SSSR count). The third-order valence-electron chi connectivity index (χ3n) is 3.26. The highest BCUT2D eigenvalue weighted by molar-refractivity contribution is 8.13. The number of carboxylic acid groups (broad SMARTS) is 1. The molecule has 0 aliphatic rings. The summed E-state index contributed by atoms with van der Waals surface area (Å²) in [5, 5.41) is 28.9. The van der Waals surface area contributed by atoms with Crippen molar-refractivity contribution in [1.29, 1.82) is 0 Å². The van der Waals surface area contributed by atoms with Crippen LogP contribution in [-0.4, -0.2) is 50.3 Å². The Labute approximate surface area is 150 Å². The van der Waals surface area contributed by atoms with E-state index in [1.807, 2.05) is 0 Å². The molecule has 4 N–H and O–H groups in total. The minimum atomic E-state index is -4.95. The minimum Gasteiger partial charge on any atom is -0.504 e. The average Bonchev–Trinajstić information content (AvgIpc) is 2.48. The molecule has 0 aliphatic carbocycles. The van der Waals surface area contributed by atoms with Crippen molar-refractivity contribution in [1.82, 2.24) is 5.32 Å². The zero-order valence-corrected chi connectivity index (χ0v) is 14.2. The van der Waals surface area contributed by atoms with Crippen LogP contribution in [0.5, 0.6) is 11.5 Å². The predicted molar refractivity (Wildman–Crippen MR) is 85.7 cm³/mol. The Morgan fingerprint density at radius 2 is 1.81 bits per heavy atom. The number of thioether (sulfide) groups is 1. The Morgan fingerprint density at radius 3 is 2.27 bits per heavy atom. The maximum Gasteiger partial charge on any atom is 0.401 e. The number of carboxylic acids is 1. The van der Waals surface area contributed by atoms with Crippen molar-refractivity contribution in [3.63, 3.8) is 0 Å². The van der Waals surface area contributed by atoms with Crippen LogP contribution >= 0.6 is 11.8 Å². The van der Waals surface area contributed by atoms with E-state index in [-0.39, 0.29) is 5.56 Å². The summed E-state index contributed by atoms with van der Waals surface area (Å²) < 4.78 is 39.0. The number of aliphatic carboxylic acids is 1. The van der Waals surface area contributed by atoms with Gasteiger partial charge in [-0.2, -0.15) is 13.2 Å². The second-order valence-electron chi connectivity index (χ2n) is 5.32. The molecule has 144 valence electrons. The van der Waals surface area contributed by atoms with E-state index in [9.17, 15) is 37.8 Å². The first-order chi connectivity index (χ1) is 11.9. The number of phenols is 2. The zero-order chi connectivity index (χ0) is 20.1. The number of carbonyl (C=O) groups excluding carboxylic acids is 2. The highest BCUT2D eigenvalue weighted by atomic mass is 32.2. The fraction of sp³-hybridized carbons (Fsp3) is 0.400. The third kappa shape index (κ3) is 6.47. The second kappa shape index (κ2) is 8.79. The molecule has 0 spiro atoms. The molecule has 0 bridgehead atoms. The molecule has 1 unspecified atom stereocenters. The lowest BCUT2D eigenvalue weighted by Crippen LogP contribution is -2.49. The second-order valence-corrected chi connectivity index (χ2v) is 6.52. The zero-order valence-electron chi connectivity index (χ0n) is 13.4. The molecule has 0 heterocycles. The summed E-state index contributed by atoms with van der Waals surface area (Å²) in [7, 11) is 0. The number of aromatic hydroxyl groups is 2. The maximum absolute atomic E-state index is 13.0. The van der Waals surface area contributed by atoms with Crippen LogP contribution in [-0.2, 0) is 20.8 Å². The van der Waals surface area contributed by atoms with Gasteiger partial charge in [0.25, 0.3) is 0 Å². The molecule has 7 nitrogen and oxygen atoms in total. The number of hydrogen-bond donors (Lipinski definition) is 4. The minimum absolute atomic E-state index is 0.176. The van der Waals surface area contributed by atoms with Crippen LogP contribution in [0, 0.1) is 5.92 Å². The van der Waals surface area contributed by atoms with E-state index >= 15 is 0 Å². The Kier molecular flexibility index (Phi) is 7.30. The molecule has 0 radical (unpaired) electrons. The Bertz CT molecular complexity index is 694. The van der Waals surface area contributed by atoms with E-state index in [1.54, 1.807) is 5.32 Å². The van der Waals surface area contributed by atoms with Gasteiger partial charge < -0.3 is 20.6 Å². The number of benzene rings is 1. The lowest BCUT2D eigenvalue weighted by Gasteiger charge is -2.22. The van der Waals surface area contributed by atoms with E-state index in [4.69, 9.17) is 5.11 Å². The average molecular weight is 395 g/mol. The summed E-state index contributed by atoms with van der Waals surface area (Å²) in [5.41, 5.74) is 0.176. The third-order valence-corrected chi connectivity index (χ3v) is 4.17. The van der Waals surface area contributed by atoms with Crippen molar-refractivity contribution < 1.29 is 42.9 Å². The molecule has 1 amide bonds. The molecule has 0 aromatic heterocycles. The van der Waals surface area contributed by atoms with E-state index in [2.05, 4.69) is 0 Å². The van der Waals surface area contributed by atoms with Crippen LogP contribution in [0.4, 0.5) is 13.2 Å². The van der Waals surface area contributed by atoms with Gasteiger partial charge in [0.15, 0.2) is 16.6 Å². The first-order valence-corrected chi connectivity index (χ1v) is 8.14. The summed E-state index contributed by atoms with van der Waals surface area (Å²) in [6, 6.07) is 1.67. The van der Waals surface area contributed by atoms with Gasteiger partial charge in [-0.1, -0.05) is 17.8 Å². The molecule has 26 heavy (non-hydrogen) atoms. The van der Waals surface area contributed by atoms with Crippen LogP contribution in [0.25, 0.3) is 0 Å². The molecule has 0 saturated carbocycles. The van der Waals surface area contributed by atoms with E-state index < -0.39 is 58.8 Å². The Hall–Kier alpha value is -2.43. The molecule has 11 heteroatoms. The summed E-state index contributed by atoms with van der Waals surface area (Å²) in [6.45, 7) is 1.05. The topological polar surface area (TPSA) is 124 Å². The van der Waals surface area contributed by atoms with Gasteiger partial charge in [0.05, 0.1) is 0 Å². The molecule has 1 aromatic rings. The number of amides is 1. The number of rotatable bonds is 7. The number of phenolic OH excluding ortho intramolecular Hbond substituents is 2. The van der Waals surface area contributed by atoms with Gasteiger partial charge in [-0.25, -0.2) is 4.79 Å². The van der Waals surface area contributed by atoms with Crippen molar-refractivity contribution in [2.45, 2.75) is 25.6 Å². The first-order valence-electron chi connectivity index (χ1n) is 7.16. The van der Waals surface area contributed by atoms with E-state index in [0.717, 1.165) is 19.1 Å². The maximum atomic E-state index is 13.0. The van der Waals surface area contributed by atoms with Crippen LogP contribution < -0.4 is 5.32 Å². The molecule has 0 saturated heterocycles. The molecule has 0 fully saturated rings. The molecule has 0 aliphatic heterocycles. The number of alkyl halides is 3. The van der Waals surface area contributed by atoms with Gasteiger partial charge in [0.1, 0.15) is 12.0 Å². The van der Waals surface area contributed by atoms with Crippen molar-refractivity contribution in [2.75, 3.05) is 5.75 Å². The Morgan fingerprint density at radius 1 is 1.19 bits per heavy atom. The summed E-state index contributed by atoms with van der Waals surface area (Å²) in [6.07, 6.45) is -5.37. The van der Waals surface area contributed by atoms with Gasteiger partial charge >= 0.3 is 12.1 Å². The van der Waals surface area contributed by atoms with Crippen LogP contribution in [0.2, 0.25) is 0 Å². The number of halogens is 3. The van der Waals surface area contributed by atoms with Crippen LogP contribution in [0.15, 0.2) is 18.2 Å². The number of carbonyl (C=O) groups is 3. The van der Waals surface area contributed by atoms with E-state index in [1.165, 1.54) is 6.07 Å². The van der Waals surface area contributed by atoms with Crippen molar-refractivity contribution in [2.24, 2.45) is 5.92 Å². The van der Waals surface area contributed by atoms with Gasteiger partial charge in [-0.3, -0.25) is 9.59 Å². The largest absolute Gasteiger partial charge is 0.504 e. The van der Waals surface area contributed by atoms with Gasteiger partial charge in [-0.05, 0) is 17.7 Å². The number of nitrogens with one attached hydrogen (secondary N) is 1. The van der Waals surface area contributed by atoms with Crippen molar-refractivity contribution >= 4 is 28.8 Å². The monoisotopic (exact) mass is 395 g/mol. The highest BCUT2D eigenvalue weighted by Crippen LogP contribution is 2.30. The molecular weight excluding hydrogens is 379 g/mol. The van der Waals surface area contributed by atoms with Crippen LogP contribution in [0.3, 0.4) is 0 Å². The SMILES string of the molecule is CC(=O)SCC(C(=O)N[C@@H](Cc1ccc(O)c(O)c1)C(=O)O)C(F)(F)F. The number of hydrogen-bond acceptors (Lipinski definition) is 6. The fourth-order valence-corrected chi connectivity index (χ4v) is 2.67. The quantitative estimate of drug-likeness (QED) is 0.518. The molecule has 2 atom stereocenters. The first kappa shape index (κ1) is 21.6. The lowest BCUT2D eigenvalue weighted by atomic mass is 10.0. The Balaban J connectivity index is 2.92. The standard InChI is InChI=1S/C15H16F3NO6S/c1-7(20)26-6-9(15(16,17)18)13(23)19-10(14(24)25)4-8-2-3-11(21)12(22)5-8/h2-3,5,9-10,21-22H,4,6H2,1H3,(H,19,23)(H,24,25)/t9?,10-/m0/s1. The fourth-order valence-electron chi connectivity index (χ4n) is 1.92. The van der Waals surface area contributed by atoms with Crippen LogP contribution in [0.1, 0.15) is 12.5 Å². The van der Waals surface area contributed by atoms with Gasteiger partial charge in [0, 0.05) is 19.1 Å². The summed E-state index contributed by atoms with van der Waals surface area (Å²) >= 11 is 0.310. The van der Waals surface area contributed by atoms with Crippen molar-refractivity contribution in [3.05, 3.63) is 23.8 Å². The van der Waals surface area contributed by atoms with E-state index in [0.29, 0.717) is 11.8 Å².